The molecule has 0 rings (SSSR count). The number of nitrogens with one attached hydrogen (secondary N) is 2. The van der Waals surface area contributed by atoms with Gasteiger partial charge in [0, 0.05) is 31.3 Å². The van der Waals surface area contributed by atoms with Crippen molar-refractivity contribution in [1.82, 2.24) is 10.6 Å². The van der Waals surface area contributed by atoms with Crippen molar-refractivity contribution in [3.63, 3.8) is 0 Å². The highest BCUT2D eigenvalue weighted by atomic mass is 32.2. The highest BCUT2D eigenvalue weighted by Crippen LogP contribution is 1.97. The molecule has 0 aromatic rings. The van der Waals surface area contributed by atoms with Gasteiger partial charge in [0.2, 0.25) is 0 Å². The molecular weight excluding hydrogens is 368 g/mol. The molecular formula is C19H42N2O5S. The second kappa shape index (κ2) is 26.1. The van der Waals surface area contributed by atoms with E-state index in [1.165, 1.54) is 0 Å². The van der Waals surface area contributed by atoms with Gasteiger partial charge in [-0.05, 0) is 32.9 Å². The van der Waals surface area contributed by atoms with Crippen molar-refractivity contribution >= 4 is 11.8 Å². The molecule has 8 heteroatoms. The molecule has 0 aliphatic rings. The van der Waals surface area contributed by atoms with Crippen LogP contribution in [-0.4, -0.2) is 97.3 Å². The average Bonchev–Trinajstić information content (AvgIpc) is 2.68. The van der Waals surface area contributed by atoms with Gasteiger partial charge in [0.25, 0.3) is 0 Å². The Balaban J connectivity index is 2.95. The molecule has 7 nitrogen and oxygen atoms in total. The zero-order chi connectivity index (χ0) is 19.7. The second-order valence-electron chi connectivity index (χ2n) is 5.80. The Hall–Kier alpha value is 0.0700. The van der Waals surface area contributed by atoms with Gasteiger partial charge in [0.1, 0.15) is 0 Å². The minimum absolute atomic E-state index is 0.610. The molecule has 0 spiro atoms. The van der Waals surface area contributed by atoms with Crippen LogP contribution < -0.4 is 10.6 Å². The first kappa shape index (κ1) is 27.1. The highest BCUT2D eigenvalue weighted by molar-refractivity contribution is 7.99. The van der Waals surface area contributed by atoms with Gasteiger partial charge in [-0.2, -0.15) is 11.8 Å². The van der Waals surface area contributed by atoms with E-state index >= 15 is 0 Å². The van der Waals surface area contributed by atoms with Gasteiger partial charge in [-0.15, -0.1) is 0 Å². The monoisotopic (exact) mass is 410 g/mol. The molecule has 27 heavy (non-hydrogen) atoms. The number of hydrogen-bond acceptors (Lipinski definition) is 8. The first-order valence-corrected chi connectivity index (χ1v) is 11.4. The SMILES string of the molecule is CCCOCCOCCOCCOCCSCCNCCCNCOCC. The van der Waals surface area contributed by atoms with Gasteiger partial charge < -0.3 is 29.0 Å². The maximum absolute atomic E-state index is 5.55. The summed E-state index contributed by atoms with van der Waals surface area (Å²) in [5, 5.41) is 6.68. The standard InChI is InChI=1S/C19H42N2O5S/c1-3-9-23-10-11-24-12-13-25-14-15-26-16-18-27-17-8-20-6-5-7-21-19-22-4-2/h20-21H,3-19H2,1-2H3. The molecule has 0 aromatic carbocycles. The molecule has 2 N–H and O–H groups in total. The van der Waals surface area contributed by atoms with Crippen LogP contribution in [0.1, 0.15) is 26.7 Å². The third-order valence-electron chi connectivity index (χ3n) is 3.38. The lowest BCUT2D eigenvalue weighted by Crippen LogP contribution is -2.25. The fourth-order valence-corrected chi connectivity index (χ4v) is 2.71. The molecule has 0 heterocycles. The third kappa shape index (κ3) is 26.1. The van der Waals surface area contributed by atoms with Crippen LogP contribution in [0.2, 0.25) is 0 Å². The van der Waals surface area contributed by atoms with Crippen molar-refractivity contribution in [3.8, 4) is 0 Å². The molecule has 0 aromatic heterocycles. The average molecular weight is 411 g/mol. The predicted octanol–water partition coefficient (Wildman–Crippen LogP) is 1.76. The second-order valence-corrected chi connectivity index (χ2v) is 7.03. The van der Waals surface area contributed by atoms with E-state index in [1.807, 2.05) is 18.7 Å². The Morgan fingerprint density at radius 2 is 1.19 bits per heavy atom. The first-order chi connectivity index (χ1) is 13.4. The van der Waals surface area contributed by atoms with Gasteiger partial charge >= 0.3 is 0 Å². The van der Waals surface area contributed by atoms with Crippen molar-refractivity contribution in [3.05, 3.63) is 0 Å². The quantitative estimate of drug-likeness (QED) is 0.184. The fraction of sp³-hybridized carbons (Fsp3) is 1.00. The minimum atomic E-state index is 0.610. The molecule has 0 saturated carbocycles. The van der Waals surface area contributed by atoms with Crippen LogP contribution >= 0.6 is 11.8 Å². The van der Waals surface area contributed by atoms with Crippen molar-refractivity contribution in [2.24, 2.45) is 0 Å². The van der Waals surface area contributed by atoms with Crippen molar-refractivity contribution < 1.29 is 23.7 Å². The lowest BCUT2D eigenvalue weighted by Gasteiger charge is -2.08. The van der Waals surface area contributed by atoms with Crippen LogP contribution in [0.4, 0.5) is 0 Å². The van der Waals surface area contributed by atoms with Crippen molar-refractivity contribution in [1.29, 1.82) is 0 Å². The van der Waals surface area contributed by atoms with Crippen LogP contribution in [0, 0.1) is 0 Å². The van der Waals surface area contributed by atoms with Gasteiger partial charge in [0.15, 0.2) is 0 Å². The van der Waals surface area contributed by atoms with Crippen LogP contribution in [0.25, 0.3) is 0 Å². The number of rotatable bonds is 24. The van der Waals surface area contributed by atoms with Crippen LogP contribution in [-0.2, 0) is 23.7 Å². The Bertz CT molecular complexity index is 242. The molecule has 164 valence electrons. The Morgan fingerprint density at radius 1 is 0.593 bits per heavy atom. The minimum Gasteiger partial charge on any atom is -0.379 e. The normalized spacial score (nSPS) is 11.3. The summed E-state index contributed by atoms with van der Waals surface area (Å²) in [6, 6.07) is 0. The first-order valence-electron chi connectivity index (χ1n) is 10.3. The lowest BCUT2D eigenvalue weighted by molar-refractivity contribution is -0.000135. The molecule has 0 bridgehead atoms. The lowest BCUT2D eigenvalue weighted by atomic mass is 10.4. The predicted molar refractivity (Wildman–Crippen MR) is 113 cm³/mol. The van der Waals surface area contributed by atoms with E-state index in [-0.39, 0.29) is 0 Å². The maximum Gasteiger partial charge on any atom is 0.0965 e. The zero-order valence-corrected chi connectivity index (χ0v) is 18.3. The third-order valence-corrected chi connectivity index (χ3v) is 4.32. The molecule has 0 saturated heterocycles. The van der Waals surface area contributed by atoms with Gasteiger partial charge in [0.05, 0.1) is 53.0 Å². The summed E-state index contributed by atoms with van der Waals surface area (Å²) in [4.78, 5) is 0. The summed E-state index contributed by atoms with van der Waals surface area (Å²) >= 11 is 1.92. The van der Waals surface area contributed by atoms with E-state index in [0.29, 0.717) is 46.4 Å². The zero-order valence-electron chi connectivity index (χ0n) is 17.5. The number of hydrogen-bond donors (Lipinski definition) is 2. The van der Waals surface area contributed by atoms with E-state index in [0.717, 1.165) is 63.8 Å². The summed E-state index contributed by atoms with van der Waals surface area (Å²) < 4.78 is 26.9. The molecule has 0 atom stereocenters. The summed E-state index contributed by atoms with van der Waals surface area (Å²) in [5.74, 6) is 2.14. The van der Waals surface area contributed by atoms with Crippen LogP contribution in [0.5, 0.6) is 0 Å². The highest BCUT2D eigenvalue weighted by Gasteiger charge is 1.94. The van der Waals surface area contributed by atoms with E-state index in [1.54, 1.807) is 0 Å². The molecule has 0 aliphatic heterocycles. The van der Waals surface area contributed by atoms with Crippen molar-refractivity contribution in [2.75, 3.05) is 97.3 Å². The molecule has 0 radical (unpaired) electrons. The summed E-state index contributed by atoms with van der Waals surface area (Å²) in [5.41, 5.74) is 0. The number of thioether (sulfide) groups is 1. The summed E-state index contributed by atoms with van der Waals surface area (Å²) in [6.07, 6.45) is 2.17. The van der Waals surface area contributed by atoms with Crippen LogP contribution in [0.3, 0.4) is 0 Å². The molecule has 0 amide bonds. The van der Waals surface area contributed by atoms with Crippen LogP contribution in [0.15, 0.2) is 0 Å². The molecule has 0 unspecified atom stereocenters. The van der Waals surface area contributed by atoms with Crippen molar-refractivity contribution in [2.45, 2.75) is 26.7 Å². The Kier molecular flexibility index (Phi) is 26.1. The Morgan fingerprint density at radius 3 is 1.81 bits per heavy atom. The largest absolute Gasteiger partial charge is 0.379 e. The van der Waals surface area contributed by atoms with Gasteiger partial charge in [-0.3, -0.25) is 5.32 Å². The summed E-state index contributed by atoms with van der Waals surface area (Å²) in [6.45, 7) is 14.0. The topological polar surface area (TPSA) is 70.2 Å². The number of ether oxygens (including phenoxy) is 5. The van der Waals surface area contributed by atoms with Gasteiger partial charge in [-0.1, -0.05) is 6.92 Å². The van der Waals surface area contributed by atoms with E-state index in [4.69, 9.17) is 23.7 Å². The maximum atomic E-state index is 5.55. The van der Waals surface area contributed by atoms with E-state index in [9.17, 15) is 0 Å². The van der Waals surface area contributed by atoms with E-state index < -0.39 is 0 Å². The smallest absolute Gasteiger partial charge is 0.0965 e. The Labute approximate surface area is 170 Å². The summed E-state index contributed by atoms with van der Waals surface area (Å²) in [7, 11) is 0. The molecule has 0 fully saturated rings. The van der Waals surface area contributed by atoms with E-state index in [2.05, 4.69) is 17.6 Å². The fourth-order valence-electron chi connectivity index (χ4n) is 1.98. The van der Waals surface area contributed by atoms with Gasteiger partial charge in [-0.25, -0.2) is 0 Å². The molecule has 0 aliphatic carbocycles.